The zero-order chi connectivity index (χ0) is 31.7. The van der Waals surface area contributed by atoms with Crippen LogP contribution in [0.2, 0.25) is 0 Å². The van der Waals surface area contributed by atoms with Crippen LogP contribution in [-0.2, 0) is 57.2 Å². The van der Waals surface area contributed by atoms with Crippen LogP contribution < -0.4 is 10.6 Å². The van der Waals surface area contributed by atoms with Gasteiger partial charge in [0.25, 0.3) is 11.8 Å². The van der Waals surface area contributed by atoms with Crippen molar-refractivity contribution in [1.82, 2.24) is 15.5 Å². The molecule has 0 fully saturated rings. The van der Waals surface area contributed by atoms with Crippen LogP contribution in [0.4, 0.5) is 0 Å². The van der Waals surface area contributed by atoms with Gasteiger partial charge in [-0.15, -0.1) is 0 Å². The number of imide groups is 1. The van der Waals surface area contributed by atoms with Gasteiger partial charge in [0.1, 0.15) is 12.6 Å². The summed E-state index contributed by atoms with van der Waals surface area (Å²) in [4.78, 5) is 68.7. The molecule has 0 aliphatic carbocycles. The fraction of sp³-hybridized carbons (Fsp3) is 0.692. The van der Waals surface area contributed by atoms with Crippen LogP contribution in [0.1, 0.15) is 19.3 Å². The standard InChI is InChI=1S/C26H41N3O14/c30-21(28-20(26(36)37)1-4-25(34)35)5-7-38-9-11-40-13-15-42-17-18-43-16-14-41-12-10-39-8-6-27-22(31)19-29-23(32)2-3-24(29)33/h2-3,20H,1,4-19H2,(H,27,31)(H,28,30)(H,34,35)(H,36,37). The highest BCUT2D eigenvalue weighted by atomic mass is 16.6. The van der Waals surface area contributed by atoms with Crippen molar-refractivity contribution < 1.29 is 67.4 Å². The second kappa shape index (κ2) is 24.0. The first-order valence-corrected chi connectivity index (χ1v) is 13.7. The zero-order valence-electron chi connectivity index (χ0n) is 24.0. The normalized spacial score (nSPS) is 13.3. The molecule has 0 saturated heterocycles. The summed E-state index contributed by atoms with van der Waals surface area (Å²) < 4.78 is 32.0. The first kappa shape index (κ1) is 37.5. The summed E-state index contributed by atoms with van der Waals surface area (Å²) in [6.45, 7) is 3.67. The molecule has 17 nitrogen and oxygen atoms in total. The fourth-order valence-electron chi connectivity index (χ4n) is 3.21. The van der Waals surface area contributed by atoms with Gasteiger partial charge in [0.15, 0.2) is 0 Å². The minimum atomic E-state index is -1.29. The first-order chi connectivity index (χ1) is 20.7. The Morgan fingerprint density at radius 3 is 1.53 bits per heavy atom. The molecule has 17 heteroatoms. The summed E-state index contributed by atoms with van der Waals surface area (Å²) in [5.41, 5.74) is 0. The van der Waals surface area contributed by atoms with E-state index in [0.717, 1.165) is 17.1 Å². The Balaban J connectivity index is 1.79. The van der Waals surface area contributed by atoms with Crippen LogP contribution in [0.15, 0.2) is 12.2 Å². The highest BCUT2D eigenvalue weighted by Crippen LogP contribution is 2.02. The molecule has 0 aromatic rings. The van der Waals surface area contributed by atoms with E-state index in [1.807, 2.05) is 0 Å². The smallest absolute Gasteiger partial charge is 0.326 e. The Morgan fingerprint density at radius 1 is 0.651 bits per heavy atom. The lowest BCUT2D eigenvalue weighted by Gasteiger charge is -2.13. The number of carboxylic acid groups (broad SMARTS) is 2. The zero-order valence-corrected chi connectivity index (χ0v) is 24.0. The van der Waals surface area contributed by atoms with E-state index < -0.39 is 41.6 Å². The van der Waals surface area contributed by atoms with Gasteiger partial charge in [0.05, 0.1) is 79.3 Å². The van der Waals surface area contributed by atoms with Crippen molar-refractivity contribution in [2.24, 2.45) is 0 Å². The molecule has 1 aliphatic heterocycles. The molecule has 244 valence electrons. The van der Waals surface area contributed by atoms with Crippen LogP contribution in [0.3, 0.4) is 0 Å². The summed E-state index contributed by atoms with van der Waals surface area (Å²) in [7, 11) is 0. The largest absolute Gasteiger partial charge is 0.481 e. The quantitative estimate of drug-likeness (QED) is 0.0546. The Bertz CT molecular complexity index is 896. The fourth-order valence-corrected chi connectivity index (χ4v) is 3.21. The molecule has 1 aliphatic rings. The maximum absolute atomic E-state index is 11.8. The van der Waals surface area contributed by atoms with Crippen molar-refractivity contribution in [1.29, 1.82) is 0 Å². The van der Waals surface area contributed by atoms with Crippen molar-refractivity contribution in [2.45, 2.75) is 25.3 Å². The number of nitrogens with zero attached hydrogens (tertiary/aromatic N) is 1. The highest BCUT2D eigenvalue weighted by molar-refractivity contribution is 6.14. The van der Waals surface area contributed by atoms with E-state index in [4.69, 9.17) is 38.6 Å². The molecular formula is C26H41N3O14. The third-order valence-corrected chi connectivity index (χ3v) is 5.38. The van der Waals surface area contributed by atoms with Crippen molar-refractivity contribution >= 4 is 35.6 Å². The number of carbonyl (C=O) groups excluding carboxylic acids is 4. The SMILES string of the molecule is O=C(O)CCC(NC(=O)CCOCCOCCOCCOCCOCCOCCNC(=O)CN1C(=O)C=CC1=O)C(=O)O. The summed E-state index contributed by atoms with van der Waals surface area (Å²) >= 11 is 0. The van der Waals surface area contributed by atoms with E-state index in [9.17, 15) is 28.8 Å². The van der Waals surface area contributed by atoms with Crippen LogP contribution in [0, 0.1) is 0 Å². The number of aliphatic carboxylic acids is 2. The average molecular weight is 620 g/mol. The summed E-state index contributed by atoms with van der Waals surface area (Å²) in [5, 5.41) is 22.5. The number of hydrogen-bond acceptors (Lipinski definition) is 12. The van der Waals surface area contributed by atoms with Gasteiger partial charge >= 0.3 is 11.9 Å². The maximum Gasteiger partial charge on any atom is 0.326 e. The van der Waals surface area contributed by atoms with Gasteiger partial charge in [-0.25, -0.2) is 4.79 Å². The van der Waals surface area contributed by atoms with Gasteiger partial charge in [-0.1, -0.05) is 0 Å². The minimum Gasteiger partial charge on any atom is -0.481 e. The molecule has 0 spiro atoms. The van der Waals surface area contributed by atoms with Gasteiger partial charge in [0, 0.05) is 31.5 Å². The number of hydrogen-bond donors (Lipinski definition) is 4. The van der Waals surface area contributed by atoms with Crippen molar-refractivity contribution in [3.05, 3.63) is 12.2 Å². The molecule has 0 saturated carbocycles. The van der Waals surface area contributed by atoms with Crippen LogP contribution in [0.25, 0.3) is 0 Å². The molecule has 0 bridgehead atoms. The Morgan fingerprint density at radius 2 is 1.09 bits per heavy atom. The topological polar surface area (TPSA) is 226 Å². The number of rotatable bonds is 28. The van der Waals surface area contributed by atoms with Gasteiger partial charge < -0.3 is 49.3 Å². The predicted molar refractivity (Wildman–Crippen MR) is 145 cm³/mol. The third kappa shape index (κ3) is 20.1. The van der Waals surface area contributed by atoms with E-state index in [-0.39, 0.29) is 58.8 Å². The number of nitrogens with one attached hydrogen (secondary N) is 2. The lowest BCUT2D eigenvalue weighted by molar-refractivity contribution is -0.143. The molecule has 4 amide bonds. The number of carboxylic acids is 2. The van der Waals surface area contributed by atoms with E-state index in [0.29, 0.717) is 52.9 Å². The first-order valence-electron chi connectivity index (χ1n) is 13.7. The van der Waals surface area contributed by atoms with Crippen molar-refractivity contribution in [3.63, 3.8) is 0 Å². The molecule has 1 unspecified atom stereocenters. The Kier molecular flexibility index (Phi) is 21.0. The maximum atomic E-state index is 11.8. The Labute approximate surface area is 248 Å². The molecule has 1 atom stereocenters. The summed E-state index contributed by atoms with van der Waals surface area (Å²) in [5.74, 6) is -4.45. The van der Waals surface area contributed by atoms with Crippen molar-refractivity contribution in [3.8, 4) is 0 Å². The average Bonchev–Trinajstić information content (AvgIpc) is 3.27. The molecule has 0 aromatic carbocycles. The van der Waals surface area contributed by atoms with Gasteiger partial charge in [0.2, 0.25) is 11.8 Å². The van der Waals surface area contributed by atoms with E-state index >= 15 is 0 Å². The lowest BCUT2D eigenvalue weighted by atomic mass is 10.1. The second-order valence-electron chi connectivity index (χ2n) is 8.76. The van der Waals surface area contributed by atoms with Crippen LogP contribution >= 0.6 is 0 Å². The molecule has 1 heterocycles. The van der Waals surface area contributed by atoms with Gasteiger partial charge in [-0.05, 0) is 6.42 Å². The third-order valence-electron chi connectivity index (χ3n) is 5.38. The molecule has 0 radical (unpaired) electrons. The van der Waals surface area contributed by atoms with Crippen LogP contribution in [0.5, 0.6) is 0 Å². The number of amides is 4. The molecule has 0 aromatic heterocycles. The lowest BCUT2D eigenvalue weighted by Crippen LogP contribution is -2.41. The summed E-state index contributed by atoms with van der Waals surface area (Å²) in [6.07, 6.45) is 1.61. The molecule has 1 rings (SSSR count). The summed E-state index contributed by atoms with van der Waals surface area (Å²) in [6, 6.07) is -1.26. The Hall–Kier alpha value is -3.48. The molecule has 43 heavy (non-hydrogen) atoms. The number of ether oxygens (including phenoxy) is 6. The van der Waals surface area contributed by atoms with E-state index in [1.54, 1.807) is 0 Å². The minimum absolute atomic E-state index is 0.0611. The van der Waals surface area contributed by atoms with Crippen molar-refractivity contribution in [2.75, 3.05) is 92.4 Å². The second-order valence-corrected chi connectivity index (χ2v) is 8.76. The molecular weight excluding hydrogens is 578 g/mol. The molecule has 4 N–H and O–H groups in total. The highest BCUT2D eigenvalue weighted by Gasteiger charge is 2.25. The van der Waals surface area contributed by atoms with Gasteiger partial charge in [-0.3, -0.25) is 28.9 Å². The predicted octanol–water partition coefficient (Wildman–Crippen LogP) is -2.05. The van der Waals surface area contributed by atoms with E-state index in [2.05, 4.69) is 10.6 Å². The van der Waals surface area contributed by atoms with E-state index in [1.165, 1.54) is 0 Å². The monoisotopic (exact) mass is 619 g/mol. The van der Waals surface area contributed by atoms with Gasteiger partial charge in [-0.2, -0.15) is 0 Å². The van der Waals surface area contributed by atoms with Crippen LogP contribution in [-0.4, -0.2) is 149 Å². The number of carbonyl (C=O) groups is 6.